The topological polar surface area (TPSA) is 62.7 Å². The Morgan fingerprint density at radius 1 is 1.20 bits per heavy atom. The summed E-state index contributed by atoms with van der Waals surface area (Å²) in [6.07, 6.45) is -0.310. The number of carbonyl (C=O) groups excluding carboxylic acids is 2. The first-order valence-corrected chi connectivity index (χ1v) is 9.20. The van der Waals surface area contributed by atoms with Gasteiger partial charge in [0, 0.05) is 48.4 Å². The molecule has 2 heterocycles. The van der Waals surface area contributed by atoms with Crippen LogP contribution in [-0.2, 0) is 4.74 Å². The molecule has 0 unspecified atom stereocenters. The van der Waals surface area contributed by atoms with E-state index in [4.69, 9.17) is 4.74 Å². The first-order valence-electron chi connectivity index (χ1n) is 8.32. The highest BCUT2D eigenvalue weighted by Crippen LogP contribution is 2.24. The number of piperazine rings is 1. The molecule has 0 atom stereocenters. The lowest BCUT2D eigenvalue weighted by Gasteiger charge is -2.34. The maximum absolute atomic E-state index is 12.8. The van der Waals surface area contributed by atoms with E-state index in [2.05, 4.69) is 4.98 Å². The van der Waals surface area contributed by atoms with Gasteiger partial charge in [0.1, 0.15) is 5.01 Å². The van der Waals surface area contributed by atoms with Crippen molar-refractivity contribution in [1.82, 2.24) is 14.8 Å². The van der Waals surface area contributed by atoms with Gasteiger partial charge in [-0.15, -0.1) is 11.3 Å². The molecule has 0 radical (unpaired) electrons. The third kappa shape index (κ3) is 3.99. The molecular weight excluding hydrogens is 338 g/mol. The van der Waals surface area contributed by atoms with Crippen LogP contribution in [0.4, 0.5) is 4.79 Å². The molecule has 1 aliphatic heterocycles. The molecule has 2 aromatic rings. The fourth-order valence-corrected chi connectivity index (χ4v) is 3.56. The maximum Gasteiger partial charge on any atom is 0.409 e. The molecule has 2 amide bonds. The molecule has 25 heavy (non-hydrogen) atoms. The molecule has 132 valence electrons. The minimum atomic E-state index is -0.310. The van der Waals surface area contributed by atoms with Crippen LogP contribution in [0.25, 0.3) is 10.6 Å². The number of aromatic nitrogens is 1. The molecule has 1 aromatic carbocycles. The Morgan fingerprint density at radius 3 is 2.56 bits per heavy atom. The zero-order chi connectivity index (χ0) is 17.8. The number of ether oxygens (including phenoxy) is 1. The van der Waals surface area contributed by atoms with Crippen molar-refractivity contribution in [2.24, 2.45) is 0 Å². The number of rotatable bonds is 3. The SMILES string of the molecule is CCOC(=O)N1CCN(C(=O)c2cccc(-c3nc(C)cs3)c2)CC1. The third-order valence-electron chi connectivity index (χ3n) is 4.07. The normalized spacial score (nSPS) is 14.5. The number of amides is 2. The van der Waals surface area contributed by atoms with Gasteiger partial charge in [-0.1, -0.05) is 12.1 Å². The standard InChI is InChI=1S/C18H21N3O3S/c1-3-24-18(23)21-9-7-20(8-10-21)17(22)15-6-4-5-14(11-15)16-19-13(2)12-25-16/h4-6,11-12H,3,7-10H2,1-2H3. The van der Waals surface area contributed by atoms with E-state index >= 15 is 0 Å². The summed E-state index contributed by atoms with van der Waals surface area (Å²) in [6.45, 7) is 6.12. The first-order chi connectivity index (χ1) is 12.1. The summed E-state index contributed by atoms with van der Waals surface area (Å²) >= 11 is 1.57. The van der Waals surface area contributed by atoms with Crippen molar-refractivity contribution in [2.45, 2.75) is 13.8 Å². The molecular formula is C18H21N3O3S. The average Bonchev–Trinajstić information content (AvgIpc) is 3.08. The predicted molar refractivity (Wildman–Crippen MR) is 96.8 cm³/mol. The van der Waals surface area contributed by atoms with E-state index < -0.39 is 0 Å². The molecule has 1 fully saturated rings. The Kier molecular flexibility index (Phi) is 5.33. The van der Waals surface area contributed by atoms with Crippen molar-refractivity contribution < 1.29 is 14.3 Å². The van der Waals surface area contributed by atoms with Crippen LogP contribution in [-0.4, -0.2) is 59.6 Å². The van der Waals surface area contributed by atoms with Gasteiger partial charge in [-0.3, -0.25) is 4.79 Å². The van der Waals surface area contributed by atoms with Crippen LogP contribution in [0.5, 0.6) is 0 Å². The second-order valence-electron chi connectivity index (χ2n) is 5.85. The Bertz CT molecular complexity index is 766. The Morgan fingerprint density at radius 2 is 1.92 bits per heavy atom. The highest BCUT2D eigenvalue weighted by Gasteiger charge is 2.25. The van der Waals surface area contributed by atoms with E-state index in [1.807, 2.05) is 36.6 Å². The Labute approximate surface area is 151 Å². The number of thiazole rings is 1. The lowest BCUT2D eigenvalue weighted by Crippen LogP contribution is -2.50. The summed E-state index contributed by atoms with van der Waals surface area (Å²) in [5, 5.41) is 2.91. The van der Waals surface area contributed by atoms with Gasteiger partial charge in [0.2, 0.25) is 0 Å². The zero-order valence-electron chi connectivity index (χ0n) is 14.4. The highest BCUT2D eigenvalue weighted by atomic mass is 32.1. The molecule has 1 saturated heterocycles. The minimum absolute atomic E-state index is 0.0152. The third-order valence-corrected chi connectivity index (χ3v) is 5.08. The van der Waals surface area contributed by atoms with Gasteiger partial charge in [0.15, 0.2) is 0 Å². The Hall–Kier alpha value is -2.41. The van der Waals surface area contributed by atoms with Gasteiger partial charge < -0.3 is 14.5 Å². The van der Waals surface area contributed by atoms with Crippen LogP contribution in [0, 0.1) is 6.92 Å². The molecule has 0 saturated carbocycles. The smallest absolute Gasteiger partial charge is 0.409 e. The lowest BCUT2D eigenvalue weighted by molar-refractivity contribution is 0.0570. The molecule has 7 heteroatoms. The number of benzene rings is 1. The van der Waals surface area contributed by atoms with Crippen molar-refractivity contribution in [3.05, 3.63) is 40.9 Å². The molecule has 6 nitrogen and oxygen atoms in total. The van der Waals surface area contributed by atoms with E-state index in [1.54, 1.807) is 28.1 Å². The van der Waals surface area contributed by atoms with Crippen LogP contribution < -0.4 is 0 Å². The second-order valence-corrected chi connectivity index (χ2v) is 6.71. The first kappa shape index (κ1) is 17.4. The van der Waals surface area contributed by atoms with Gasteiger partial charge in [-0.25, -0.2) is 9.78 Å². The summed E-state index contributed by atoms with van der Waals surface area (Å²) in [7, 11) is 0. The molecule has 3 rings (SSSR count). The van der Waals surface area contributed by atoms with E-state index in [9.17, 15) is 9.59 Å². The lowest BCUT2D eigenvalue weighted by atomic mass is 10.1. The van der Waals surface area contributed by atoms with E-state index in [-0.39, 0.29) is 12.0 Å². The van der Waals surface area contributed by atoms with Crippen molar-refractivity contribution in [1.29, 1.82) is 0 Å². The van der Waals surface area contributed by atoms with Crippen molar-refractivity contribution >= 4 is 23.3 Å². The molecule has 0 spiro atoms. The summed E-state index contributed by atoms with van der Waals surface area (Å²) in [6, 6.07) is 7.56. The van der Waals surface area contributed by atoms with Gasteiger partial charge in [0.05, 0.1) is 6.61 Å². The number of hydrogen-bond donors (Lipinski definition) is 0. The Balaban J connectivity index is 1.67. The van der Waals surface area contributed by atoms with Crippen LogP contribution >= 0.6 is 11.3 Å². The maximum atomic E-state index is 12.8. The van der Waals surface area contributed by atoms with Crippen LogP contribution in [0.15, 0.2) is 29.6 Å². The molecule has 0 bridgehead atoms. The van der Waals surface area contributed by atoms with Crippen molar-refractivity contribution in [2.75, 3.05) is 32.8 Å². The number of aryl methyl sites for hydroxylation is 1. The van der Waals surface area contributed by atoms with Gasteiger partial charge >= 0.3 is 6.09 Å². The monoisotopic (exact) mass is 359 g/mol. The van der Waals surface area contributed by atoms with Gasteiger partial charge in [0.25, 0.3) is 5.91 Å². The summed E-state index contributed by atoms with van der Waals surface area (Å²) < 4.78 is 5.01. The highest BCUT2D eigenvalue weighted by molar-refractivity contribution is 7.13. The predicted octanol–water partition coefficient (Wildman–Crippen LogP) is 3.03. The van der Waals surface area contributed by atoms with Crippen LogP contribution in [0.3, 0.4) is 0 Å². The number of nitrogens with zero attached hydrogens (tertiary/aromatic N) is 3. The quantitative estimate of drug-likeness (QED) is 0.845. The van der Waals surface area contributed by atoms with E-state index in [1.165, 1.54) is 0 Å². The van der Waals surface area contributed by atoms with Crippen LogP contribution in [0.2, 0.25) is 0 Å². The molecule has 0 N–H and O–H groups in total. The van der Waals surface area contributed by atoms with Crippen molar-refractivity contribution in [3.8, 4) is 10.6 Å². The van der Waals surface area contributed by atoms with E-state index in [0.29, 0.717) is 38.3 Å². The summed E-state index contributed by atoms with van der Waals surface area (Å²) in [4.78, 5) is 32.4. The van der Waals surface area contributed by atoms with Crippen LogP contribution in [0.1, 0.15) is 23.0 Å². The molecule has 1 aromatic heterocycles. The van der Waals surface area contributed by atoms with Crippen molar-refractivity contribution in [3.63, 3.8) is 0 Å². The van der Waals surface area contributed by atoms with E-state index in [0.717, 1.165) is 16.3 Å². The molecule has 0 aliphatic carbocycles. The summed E-state index contributed by atoms with van der Waals surface area (Å²) in [5.74, 6) is -0.0152. The number of carbonyl (C=O) groups is 2. The second kappa shape index (κ2) is 7.65. The van der Waals surface area contributed by atoms with Gasteiger partial charge in [-0.05, 0) is 26.0 Å². The molecule has 1 aliphatic rings. The zero-order valence-corrected chi connectivity index (χ0v) is 15.2. The minimum Gasteiger partial charge on any atom is -0.450 e. The largest absolute Gasteiger partial charge is 0.450 e. The van der Waals surface area contributed by atoms with Gasteiger partial charge in [-0.2, -0.15) is 0 Å². The summed E-state index contributed by atoms with van der Waals surface area (Å²) in [5.41, 5.74) is 2.58. The average molecular weight is 359 g/mol. The number of hydrogen-bond acceptors (Lipinski definition) is 5. The fourth-order valence-electron chi connectivity index (χ4n) is 2.76. The fraction of sp³-hybridized carbons (Fsp3) is 0.389.